The third-order valence-electron chi connectivity index (χ3n) is 11.5. The van der Waals surface area contributed by atoms with Crippen LogP contribution in [0.3, 0.4) is 0 Å². The Morgan fingerprint density at radius 1 is 0.723 bits per heavy atom. The number of aromatic nitrogens is 4. The number of tetrazole rings is 1. The number of hydrogen-bond donors (Lipinski definition) is 2. The molecule has 0 bridgehead atoms. The Hall–Kier alpha value is -7.70. The molecule has 0 spiro atoms. The molecule has 19 nitrogen and oxygen atoms in total. The van der Waals surface area contributed by atoms with Crippen LogP contribution in [0.15, 0.2) is 64.4 Å². The molecule has 0 radical (unpaired) electrons. The van der Waals surface area contributed by atoms with Gasteiger partial charge < -0.3 is 48.7 Å². The van der Waals surface area contributed by atoms with Gasteiger partial charge in [0.1, 0.15) is 24.2 Å². The number of nitrogens with one attached hydrogen (secondary N) is 2. The lowest BCUT2D eigenvalue weighted by atomic mass is 9.95. The summed E-state index contributed by atoms with van der Waals surface area (Å²) < 4.78 is 41.8. The van der Waals surface area contributed by atoms with Crippen molar-refractivity contribution in [2.75, 3.05) is 62.9 Å². The van der Waals surface area contributed by atoms with Gasteiger partial charge in [0.25, 0.3) is 0 Å². The van der Waals surface area contributed by atoms with E-state index in [1.165, 1.54) is 83.7 Å². The Bertz CT molecular complexity index is 2780. The highest BCUT2D eigenvalue weighted by Gasteiger charge is 2.33. The minimum atomic E-state index is -0.825. The largest absolute Gasteiger partial charge is 0.493 e. The highest BCUT2D eigenvalue weighted by molar-refractivity contribution is 5.91. The van der Waals surface area contributed by atoms with Gasteiger partial charge >= 0.3 is 12.0 Å². The van der Waals surface area contributed by atoms with E-state index in [0.717, 1.165) is 11.1 Å². The number of aryl methyl sites for hydroxylation is 2. The third-order valence-corrected chi connectivity index (χ3v) is 11.5. The van der Waals surface area contributed by atoms with Crippen molar-refractivity contribution < 1.29 is 47.5 Å². The summed E-state index contributed by atoms with van der Waals surface area (Å²) in [5, 5.41) is 17.4. The van der Waals surface area contributed by atoms with Crippen LogP contribution in [-0.2, 0) is 22.4 Å². The smallest absolute Gasteiger partial charge is 0.341 e. The van der Waals surface area contributed by atoms with Gasteiger partial charge in [-0.05, 0) is 112 Å². The van der Waals surface area contributed by atoms with Gasteiger partial charge in [-0.25, -0.2) is 9.59 Å². The molecule has 0 fully saturated rings. The number of methoxy groups -OCH3 is 6. The fraction of sp³-hybridized carbons (Fsp3) is 0.348. The molecule has 19 heteroatoms. The number of ether oxygens (including phenoxy) is 7. The molecule has 2 aliphatic carbocycles. The Morgan fingerprint density at radius 2 is 1.31 bits per heavy atom. The summed E-state index contributed by atoms with van der Waals surface area (Å²) in [5.41, 5.74) is 4.15. The first-order valence-corrected chi connectivity index (χ1v) is 20.6. The Kier molecular flexibility index (Phi) is 13.5. The number of rotatable bonds is 13. The van der Waals surface area contributed by atoms with E-state index in [0.29, 0.717) is 87.8 Å². The minimum Gasteiger partial charge on any atom is -0.493 e. The van der Waals surface area contributed by atoms with Crippen LogP contribution < -0.4 is 49.9 Å². The van der Waals surface area contributed by atoms with Crippen molar-refractivity contribution >= 4 is 17.9 Å². The maximum absolute atomic E-state index is 14.1. The first-order valence-electron chi connectivity index (χ1n) is 20.6. The summed E-state index contributed by atoms with van der Waals surface area (Å²) in [6.45, 7) is 1.49. The molecule has 7 rings (SSSR count). The molecule has 2 atom stereocenters. The molecule has 1 aromatic heterocycles. The van der Waals surface area contributed by atoms with Gasteiger partial charge in [0.05, 0.1) is 61.3 Å². The molecule has 340 valence electrons. The van der Waals surface area contributed by atoms with Crippen molar-refractivity contribution in [3.63, 3.8) is 0 Å². The zero-order valence-corrected chi connectivity index (χ0v) is 37.2. The fourth-order valence-electron chi connectivity index (χ4n) is 8.49. The van der Waals surface area contributed by atoms with E-state index in [-0.39, 0.29) is 41.5 Å². The summed E-state index contributed by atoms with van der Waals surface area (Å²) in [6.07, 6.45) is 3.08. The molecule has 4 aromatic carbocycles. The Balaban J connectivity index is 1.20. The zero-order valence-electron chi connectivity index (χ0n) is 37.2. The van der Waals surface area contributed by atoms with E-state index in [1.54, 1.807) is 25.2 Å². The van der Waals surface area contributed by atoms with Gasteiger partial charge in [0.15, 0.2) is 28.4 Å². The molecule has 0 unspecified atom stereocenters. The van der Waals surface area contributed by atoms with Gasteiger partial charge in [-0.1, -0.05) is 6.07 Å². The number of benzene rings is 2. The number of amides is 3. The average Bonchev–Trinajstić information content (AvgIpc) is 3.58. The molecule has 3 amide bonds. The van der Waals surface area contributed by atoms with Gasteiger partial charge in [0, 0.05) is 25.1 Å². The summed E-state index contributed by atoms with van der Waals surface area (Å²) in [5.74, 6) is 1.00. The number of urea groups is 1. The van der Waals surface area contributed by atoms with Crippen molar-refractivity contribution in [1.29, 1.82) is 0 Å². The van der Waals surface area contributed by atoms with Crippen LogP contribution in [0.25, 0.3) is 27.9 Å². The van der Waals surface area contributed by atoms with Crippen molar-refractivity contribution in [1.82, 2.24) is 35.7 Å². The van der Waals surface area contributed by atoms with Crippen LogP contribution in [0.2, 0.25) is 0 Å². The number of likely N-dealkylation sites (N-methyl/N-ethyl adjacent to an activating group) is 1. The second-order valence-electron chi connectivity index (χ2n) is 15.2. The molecule has 0 saturated heterocycles. The maximum atomic E-state index is 14.1. The Morgan fingerprint density at radius 3 is 1.88 bits per heavy atom. The molecule has 65 heavy (non-hydrogen) atoms. The molecular weight excluding hydrogens is 843 g/mol. The number of carbonyl (C=O) groups excluding carboxylic acids is 3. The van der Waals surface area contributed by atoms with Crippen molar-refractivity contribution in [3.8, 4) is 62.4 Å². The summed E-state index contributed by atoms with van der Waals surface area (Å²) in [6, 6.07) is 11.2. The van der Waals surface area contributed by atoms with Gasteiger partial charge in [0.2, 0.25) is 22.8 Å². The molecule has 0 saturated carbocycles. The number of fused-ring (bicyclic) bond motifs is 6. The van der Waals surface area contributed by atoms with Gasteiger partial charge in [-0.15, -0.1) is 5.10 Å². The van der Waals surface area contributed by atoms with Crippen molar-refractivity contribution in [2.24, 2.45) is 0 Å². The lowest BCUT2D eigenvalue weighted by Crippen LogP contribution is -2.41. The van der Waals surface area contributed by atoms with Gasteiger partial charge in [-0.3, -0.25) is 14.4 Å². The van der Waals surface area contributed by atoms with Crippen LogP contribution in [0, 0.1) is 0 Å². The van der Waals surface area contributed by atoms with E-state index >= 15 is 0 Å². The van der Waals surface area contributed by atoms with E-state index in [1.807, 2.05) is 12.1 Å². The SMILES string of the molecule is COC(=O)c1cc2c(ccc1=O)-c1c(cc(OC)c(OC)c1OC)CC[C@@H]2NC(=O)N(C)CCOc1c(OC)cc2c(c1OC)-c1ccc(-n3cnnn3)c(=O)cc1[C@@H](NC(C)=O)CC2. The van der Waals surface area contributed by atoms with E-state index in [9.17, 15) is 24.0 Å². The highest BCUT2D eigenvalue weighted by atomic mass is 16.5. The second-order valence-corrected chi connectivity index (χ2v) is 15.2. The van der Waals surface area contributed by atoms with E-state index in [4.69, 9.17) is 33.2 Å². The standard InChI is InChI=1S/C46H49N7O12/c1-24(54)48-32-13-9-26-20-38(60-4)42(44(63-7)40(26)27-11-15-34(36(56)22-30(27)32)53-23-47-50-51-53)65-18-17-52(2)46(58)49-33-14-10-25-19-37(59-3)41(61-5)43(62-6)39(25)28-12-16-35(55)31(21-29(28)33)45(57)64-8/h11-12,15-16,19-23,32-33H,9-10,13-14,17-18H2,1-8H3,(H,48,54)(H,49,58)/t32-,33-/m0/s1. The Labute approximate surface area is 373 Å². The van der Waals surface area contributed by atoms with Crippen molar-refractivity contribution in [3.05, 3.63) is 103 Å². The average molecular weight is 892 g/mol. The number of esters is 1. The number of carbonyl (C=O) groups is 3. The first-order chi connectivity index (χ1) is 31.4. The summed E-state index contributed by atoms with van der Waals surface area (Å²) >= 11 is 0. The summed E-state index contributed by atoms with van der Waals surface area (Å²) in [7, 11) is 10.3. The second kappa shape index (κ2) is 19.4. The fourth-order valence-corrected chi connectivity index (χ4v) is 8.49. The first kappa shape index (κ1) is 45.3. The predicted octanol–water partition coefficient (Wildman–Crippen LogP) is 4.38. The molecule has 5 aromatic rings. The molecule has 0 aliphatic heterocycles. The normalized spacial score (nSPS) is 14.6. The quantitative estimate of drug-likeness (QED) is 0.157. The monoisotopic (exact) mass is 891 g/mol. The molecule has 2 N–H and O–H groups in total. The van der Waals surface area contributed by atoms with Crippen LogP contribution in [0.1, 0.15) is 64.5 Å². The number of hydrogen-bond acceptors (Lipinski definition) is 15. The maximum Gasteiger partial charge on any atom is 0.341 e. The topological polar surface area (TPSA) is 221 Å². The van der Waals surface area contributed by atoms with Crippen LogP contribution in [-0.4, -0.2) is 106 Å². The summed E-state index contributed by atoms with van der Waals surface area (Å²) in [4.78, 5) is 67.8. The van der Waals surface area contributed by atoms with Crippen LogP contribution >= 0.6 is 0 Å². The molecular formula is C46H49N7O12. The van der Waals surface area contributed by atoms with Gasteiger partial charge in [-0.2, -0.15) is 4.68 Å². The molecule has 2 aliphatic rings. The predicted molar refractivity (Wildman–Crippen MR) is 236 cm³/mol. The van der Waals surface area contributed by atoms with Crippen LogP contribution in [0.5, 0.6) is 34.5 Å². The lowest BCUT2D eigenvalue weighted by Gasteiger charge is -2.25. The zero-order chi connectivity index (χ0) is 46.5. The van der Waals surface area contributed by atoms with Crippen LogP contribution in [0.4, 0.5) is 4.79 Å². The van der Waals surface area contributed by atoms with E-state index in [2.05, 4.69) is 26.2 Å². The highest BCUT2D eigenvalue weighted by Crippen LogP contribution is 2.52. The molecule has 1 heterocycles. The minimum absolute atomic E-state index is 0.0159. The van der Waals surface area contributed by atoms with Crippen molar-refractivity contribution in [2.45, 2.75) is 44.7 Å². The van der Waals surface area contributed by atoms with E-state index < -0.39 is 29.5 Å². The lowest BCUT2D eigenvalue weighted by molar-refractivity contribution is -0.119. The number of nitrogens with zero attached hydrogens (tertiary/aromatic N) is 5. The third kappa shape index (κ3) is 8.81.